The predicted molar refractivity (Wildman–Crippen MR) is 113 cm³/mol. The lowest BCUT2D eigenvalue weighted by Crippen LogP contribution is -2.14. The average Bonchev–Trinajstić information content (AvgIpc) is 2.74. The number of benzene rings is 2. The van der Waals surface area contributed by atoms with E-state index < -0.39 is 0 Å². The number of carbonyl (C=O) groups is 1. The summed E-state index contributed by atoms with van der Waals surface area (Å²) in [6.07, 6.45) is 0. The van der Waals surface area contributed by atoms with Crippen molar-refractivity contribution in [2.45, 2.75) is 19.8 Å². The number of ether oxygens (including phenoxy) is 2. The van der Waals surface area contributed by atoms with Crippen LogP contribution in [0.1, 0.15) is 35.8 Å². The molecule has 0 aliphatic heterocycles. The van der Waals surface area contributed by atoms with Crippen molar-refractivity contribution in [3.8, 4) is 11.5 Å². The smallest absolute Gasteiger partial charge is 0.276 e. The van der Waals surface area contributed by atoms with Gasteiger partial charge in [-0.05, 0) is 47.9 Å². The molecule has 1 heterocycles. The molecule has 29 heavy (non-hydrogen) atoms. The van der Waals surface area contributed by atoms with Gasteiger partial charge in [-0.1, -0.05) is 26.0 Å². The van der Waals surface area contributed by atoms with Crippen LogP contribution in [0.3, 0.4) is 0 Å². The summed E-state index contributed by atoms with van der Waals surface area (Å²) < 4.78 is 10.5. The molecule has 150 valence electrons. The number of nitrogens with one attached hydrogen (secondary N) is 2. The zero-order valence-electron chi connectivity index (χ0n) is 16.9. The van der Waals surface area contributed by atoms with Gasteiger partial charge in [-0.2, -0.15) is 0 Å². The van der Waals surface area contributed by atoms with E-state index in [4.69, 9.17) is 9.47 Å². The number of amides is 1. The Labute approximate surface area is 170 Å². The summed E-state index contributed by atoms with van der Waals surface area (Å²) in [6.45, 7) is 4.25. The van der Waals surface area contributed by atoms with Gasteiger partial charge in [0.2, 0.25) is 0 Å². The highest BCUT2D eigenvalue weighted by Crippen LogP contribution is 2.30. The molecule has 2 aromatic carbocycles. The van der Waals surface area contributed by atoms with E-state index in [-0.39, 0.29) is 11.6 Å². The highest BCUT2D eigenvalue weighted by Gasteiger charge is 2.11. The number of methoxy groups -OCH3 is 2. The van der Waals surface area contributed by atoms with E-state index in [1.54, 1.807) is 32.4 Å². The minimum absolute atomic E-state index is 0.227. The summed E-state index contributed by atoms with van der Waals surface area (Å²) in [5.74, 6) is 1.91. The third kappa shape index (κ3) is 5.01. The van der Waals surface area contributed by atoms with Gasteiger partial charge in [0, 0.05) is 11.8 Å². The summed E-state index contributed by atoms with van der Waals surface area (Å²) in [4.78, 5) is 12.4. The Kier molecular flexibility index (Phi) is 6.29. The Bertz CT molecular complexity index is 970. The zero-order chi connectivity index (χ0) is 20.8. The fourth-order valence-electron chi connectivity index (χ4n) is 2.71. The second-order valence-electron chi connectivity index (χ2n) is 6.73. The largest absolute Gasteiger partial charge is 0.497 e. The molecule has 3 aromatic rings. The molecule has 0 saturated carbocycles. The number of carbonyl (C=O) groups excluding carboxylic acids is 1. The number of aromatic nitrogens is 2. The molecular formula is C22H24N4O3. The fourth-order valence-corrected chi connectivity index (χ4v) is 2.71. The minimum Gasteiger partial charge on any atom is -0.497 e. The Morgan fingerprint density at radius 1 is 0.931 bits per heavy atom. The van der Waals surface area contributed by atoms with E-state index in [9.17, 15) is 4.79 Å². The maximum Gasteiger partial charge on any atom is 0.276 e. The molecule has 0 bridgehead atoms. The second-order valence-corrected chi connectivity index (χ2v) is 6.73. The summed E-state index contributed by atoms with van der Waals surface area (Å²) in [5.41, 5.74) is 2.87. The zero-order valence-corrected chi connectivity index (χ0v) is 16.9. The first kappa shape index (κ1) is 20.1. The number of nitrogens with zero attached hydrogens (tertiary/aromatic N) is 2. The minimum atomic E-state index is -0.316. The molecule has 0 aliphatic rings. The van der Waals surface area contributed by atoms with Crippen molar-refractivity contribution in [3.05, 3.63) is 65.9 Å². The normalized spacial score (nSPS) is 10.5. The van der Waals surface area contributed by atoms with Crippen LogP contribution in [0, 0.1) is 0 Å². The topological polar surface area (TPSA) is 85.4 Å². The first-order chi connectivity index (χ1) is 14.0. The third-order valence-electron chi connectivity index (χ3n) is 4.40. The highest BCUT2D eigenvalue weighted by atomic mass is 16.5. The molecular weight excluding hydrogens is 368 g/mol. The van der Waals surface area contributed by atoms with Crippen LogP contribution >= 0.6 is 0 Å². The highest BCUT2D eigenvalue weighted by molar-refractivity contribution is 6.02. The molecule has 1 amide bonds. The Morgan fingerprint density at radius 3 is 2.28 bits per heavy atom. The standard InChI is InChI=1S/C22H24N4O3/c1-14(2)15-5-7-16(8-6-15)23-22(27)19-11-12-21(26-25-19)24-18-10-9-17(28-3)13-20(18)29-4/h5-14H,1-4H3,(H,23,27)(H,24,26). The monoisotopic (exact) mass is 392 g/mol. The van der Waals surface area contributed by atoms with Crippen molar-refractivity contribution >= 4 is 23.1 Å². The van der Waals surface area contributed by atoms with Crippen LogP contribution in [0.2, 0.25) is 0 Å². The quantitative estimate of drug-likeness (QED) is 0.611. The van der Waals surface area contributed by atoms with Crippen LogP contribution in [0.15, 0.2) is 54.6 Å². The summed E-state index contributed by atoms with van der Waals surface area (Å²) in [5, 5.41) is 14.0. The Morgan fingerprint density at radius 2 is 1.69 bits per heavy atom. The number of hydrogen-bond donors (Lipinski definition) is 2. The van der Waals surface area contributed by atoms with Gasteiger partial charge < -0.3 is 20.1 Å². The van der Waals surface area contributed by atoms with Crippen molar-refractivity contribution in [2.75, 3.05) is 24.9 Å². The molecule has 7 nitrogen and oxygen atoms in total. The first-order valence-corrected chi connectivity index (χ1v) is 9.24. The summed E-state index contributed by atoms with van der Waals surface area (Å²) in [7, 11) is 3.17. The van der Waals surface area contributed by atoms with Gasteiger partial charge in [0.15, 0.2) is 11.5 Å². The molecule has 0 atom stereocenters. The molecule has 0 spiro atoms. The van der Waals surface area contributed by atoms with Crippen LogP contribution in [0.25, 0.3) is 0 Å². The molecule has 0 fully saturated rings. The van der Waals surface area contributed by atoms with E-state index in [0.717, 1.165) is 0 Å². The van der Waals surface area contributed by atoms with Crippen LogP contribution in [0.4, 0.5) is 17.2 Å². The molecule has 0 unspecified atom stereocenters. The van der Waals surface area contributed by atoms with Gasteiger partial charge in [0.1, 0.15) is 11.5 Å². The summed E-state index contributed by atoms with van der Waals surface area (Å²) in [6, 6.07) is 16.5. The predicted octanol–water partition coefficient (Wildman–Crippen LogP) is 4.61. The van der Waals surface area contributed by atoms with E-state index in [1.165, 1.54) is 5.56 Å². The van der Waals surface area contributed by atoms with Gasteiger partial charge >= 0.3 is 0 Å². The Hall–Kier alpha value is -3.61. The number of rotatable bonds is 7. The van der Waals surface area contributed by atoms with Crippen LogP contribution < -0.4 is 20.1 Å². The molecule has 0 radical (unpaired) electrons. The second kappa shape index (κ2) is 9.05. The van der Waals surface area contributed by atoms with E-state index >= 15 is 0 Å². The molecule has 3 rings (SSSR count). The van der Waals surface area contributed by atoms with Crippen molar-refractivity contribution in [1.29, 1.82) is 0 Å². The third-order valence-corrected chi connectivity index (χ3v) is 4.40. The summed E-state index contributed by atoms with van der Waals surface area (Å²) >= 11 is 0. The number of hydrogen-bond acceptors (Lipinski definition) is 6. The SMILES string of the molecule is COc1ccc(Nc2ccc(C(=O)Nc3ccc(C(C)C)cc3)nn2)c(OC)c1. The maximum absolute atomic E-state index is 12.4. The van der Waals surface area contributed by atoms with Crippen molar-refractivity contribution in [2.24, 2.45) is 0 Å². The maximum atomic E-state index is 12.4. The van der Waals surface area contributed by atoms with Crippen molar-refractivity contribution < 1.29 is 14.3 Å². The first-order valence-electron chi connectivity index (χ1n) is 9.24. The van der Waals surface area contributed by atoms with Crippen LogP contribution in [-0.2, 0) is 0 Å². The van der Waals surface area contributed by atoms with E-state index in [2.05, 4.69) is 34.7 Å². The lowest BCUT2D eigenvalue weighted by molar-refractivity contribution is 0.102. The van der Waals surface area contributed by atoms with E-state index in [0.29, 0.717) is 34.6 Å². The van der Waals surface area contributed by atoms with Gasteiger partial charge in [0.05, 0.1) is 19.9 Å². The van der Waals surface area contributed by atoms with Crippen LogP contribution in [0.5, 0.6) is 11.5 Å². The fraction of sp³-hybridized carbons (Fsp3) is 0.227. The van der Waals surface area contributed by atoms with Crippen molar-refractivity contribution in [3.63, 3.8) is 0 Å². The molecule has 0 saturated heterocycles. The van der Waals surface area contributed by atoms with Crippen molar-refractivity contribution in [1.82, 2.24) is 10.2 Å². The van der Waals surface area contributed by atoms with Gasteiger partial charge in [-0.25, -0.2) is 0 Å². The van der Waals surface area contributed by atoms with Gasteiger partial charge in [-0.3, -0.25) is 4.79 Å². The average molecular weight is 392 g/mol. The van der Waals surface area contributed by atoms with Gasteiger partial charge in [0.25, 0.3) is 5.91 Å². The molecule has 7 heteroatoms. The van der Waals surface area contributed by atoms with Gasteiger partial charge in [-0.15, -0.1) is 10.2 Å². The van der Waals surface area contributed by atoms with E-state index in [1.807, 2.05) is 36.4 Å². The van der Waals surface area contributed by atoms with Crippen LogP contribution in [-0.4, -0.2) is 30.3 Å². The lowest BCUT2D eigenvalue weighted by atomic mass is 10.0. The molecule has 1 aromatic heterocycles. The molecule has 0 aliphatic carbocycles. The number of anilines is 3. The molecule has 2 N–H and O–H groups in total. The Balaban J connectivity index is 1.67. The lowest BCUT2D eigenvalue weighted by Gasteiger charge is -2.12.